The van der Waals surface area contributed by atoms with E-state index in [9.17, 15) is 0 Å². The Morgan fingerprint density at radius 1 is 1.32 bits per heavy atom. The van der Waals surface area contributed by atoms with Crippen LogP contribution in [0.3, 0.4) is 0 Å². The maximum absolute atomic E-state index is 6.18. The number of rotatable bonds is 6. The van der Waals surface area contributed by atoms with Gasteiger partial charge in [0.25, 0.3) is 0 Å². The Morgan fingerprint density at radius 2 is 2.11 bits per heavy atom. The highest BCUT2D eigenvalue weighted by Gasteiger charge is 2.43. The lowest BCUT2D eigenvalue weighted by Gasteiger charge is -2.44. The first-order chi connectivity index (χ1) is 9.32. The second-order valence-corrected chi connectivity index (χ2v) is 5.20. The molecule has 4 heteroatoms. The van der Waals surface area contributed by atoms with E-state index >= 15 is 0 Å². The van der Waals surface area contributed by atoms with Crippen molar-refractivity contribution in [1.82, 2.24) is 5.32 Å². The van der Waals surface area contributed by atoms with Crippen molar-refractivity contribution in [2.24, 2.45) is 0 Å². The zero-order valence-corrected chi connectivity index (χ0v) is 12.2. The van der Waals surface area contributed by atoms with Gasteiger partial charge in [0, 0.05) is 32.7 Å². The van der Waals surface area contributed by atoms with Crippen molar-refractivity contribution in [3.8, 4) is 0 Å². The van der Waals surface area contributed by atoms with Crippen LogP contribution < -0.4 is 5.32 Å². The van der Waals surface area contributed by atoms with Crippen molar-refractivity contribution in [1.29, 1.82) is 0 Å². The maximum atomic E-state index is 6.18. The predicted octanol–water partition coefficient (Wildman–Crippen LogP) is 2.24. The molecule has 0 aromatic heterocycles. The topological polar surface area (TPSA) is 39.7 Å². The molecule has 0 radical (unpaired) electrons. The molecule has 1 saturated heterocycles. The Labute approximate surface area is 116 Å². The normalized spacial score (nSPS) is 24.4. The molecule has 0 aromatic carbocycles. The quantitative estimate of drug-likeness (QED) is 0.803. The van der Waals surface area contributed by atoms with Gasteiger partial charge in [0.05, 0.1) is 18.2 Å². The zero-order chi connectivity index (χ0) is 13.6. The Kier molecular flexibility index (Phi) is 5.67. The van der Waals surface area contributed by atoms with E-state index < -0.39 is 0 Å². The standard InChI is InChI=1S/C15H27NO3/c1-3-16-14(13-7-5-6-10-18-13)15(19-4-2)8-11-17-12-9-15/h7,14,16H,3-6,8-12H2,1-2H3. The van der Waals surface area contributed by atoms with Gasteiger partial charge in [-0.15, -0.1) is 0 Å². The molecule has 110 valence electrons. The molecule has 19 heavy (non-hydrogen) atoms. The first-order valence-electron chi connectivity index (χ1n) is 7.60. The van der Waals surface area contributed by atoms with Crippen LogP contribution >= 0.6 is 0 Å². The molecule has 4 nitrogen and oxygen atoms in total. The van der Waals surface area contributed by atoms with Crippen LogP contribution in [0.5, 0.6) is 0 Å². The molecule has 1 unspecified atom stereocenters. The Morgan fingerprint density at radius 3 is 2.68 bits per heavy atom. The lowest BCUT2D eigenvalue weighted by molar-refractivity contribution is -0.127. The Balaban J connectivity index is 2.19. The van der Waals surface area contributed by atoms with Crippen molar-refractivity contribution in [2.75, 3.05) is 33.0 Å². The van der Waals surface area contributed by atoms with Crippen LogP contribution in [0.1, 0.15) is 39.5 Å². The van der Waals surface area contributed by atoms with Crippen molar-refractivity contribution < 1.29 is 14.2 Å². The number of ether oxygens (including phenoxy) is 3. The smallest absolute Gasteiger partial charge is 0.112 e. The summed E-state index contributed by atoms with van der Waals surface area (Å²) in [5.74, 6) is 1.07. The summed E-state index contributed by atoms with van der Waals surface area (Å²) in [5, 5.41) is 3.57. The third-order valence-corrected chi connectivity index (χ3v) is 3.95. The van der Waals surface area contributed by atoms with Gasteiger partial charge >= 0.3 is 0 Å². The van der Waals surface area contributed by atoms with Gasteiger partial charge in [-0.05, 0) is 32.4 Å². The summed E-state index contributed by atoms with van der Waals surface area (Å²) in [6.45, 7) is 8.22. The molecule has 2 aliphatic rings. The van der Waals surface area contributed by atoms with E-state index in [1.54, 1.807) is 0 Å². The second kappa shape index (κ2) is 7.27. The lowest BCUT2D eigenvalue weighted by atomic mass is 9.84. The number of likely N-dealkylation sites (N-methyl/N-ethyl adjacent to an activating group) is 1. The van der Waals surface area contributed by atoms with Crippen LogP contribution in [0.25, 0.3) is 0 Å². The average Bonchev–Trinajstić information content (AvgIpc) is 2.47. The fourth-order valence-corrected chi connectivity index (χ4v) is 3.05. The van der Waals surface area contributed by atoms with Gasteiger partial charge in [-0.3, -0.25) is 0 Å². The molecule has 2 heterocycles. The molecule has 1 fully saturated rings. The SMILES string of the molecule is CCNC(C1=CCCCO1)C1(OCC)CCOCC1. The molecular weight excluding hydrogens is 242 g/mol. The predicted molar refractivity (Wildman–Crippen MR) is 75.1 cm³/mol. The van der Waals surface area contributed by atoms with Gasteiger partial charge in [-0.25, -0.2) is 0 Å². The molecule has 0 amide bonds. The molecular formula is C15H27NO3. The first kappa shape index (κ1) is 14.8. The maximum Gasteiger partial charge on any atom is 0.112 e. The monoisotopic (exact) mass is 269 g/mol. The number of nitrogens with one attached hydrogen (secondary N) is 1. The molecule has 0 aliphatic carbocycles. The summed E-state index contributed by atoms with van der Waals surface area (Å²) in [6.07, 6.45) is 6.31. The van der Waals surface area contributed by atoms with E-state index in [4.69, 9.17) is 14.2 Å². The lowest BCUT2D eigenvalue weighted by Crippen LogP contribution is -2.57. The van der Waals surface area contributed by atoms with Crippen LogP contribution in [0.15, 0.2) is 11.8 Å². The minimum Gasteiger partial charge on any atom is -0.496 e. The molecule has 2 aliphatic heterocycles. The van der Waals surface area contributed by atoms with E-state index in [0.717, 1.165) is 64.4 Å². The van der Waals surface area contributed by atoms with Crippen molar-refractivity contribution in [3.63, 3.8) is 0 Å². The van der Waals surface area contributed by atoms with E-state index in [-0.39, 0.29) is 11.6 Å². The van der Waals surface area contributed by atoms with Crippen LogP contribution in [-0.4, -0.2) is 44.6 Å². The molecule has 1 atom stereocenters. The summed E-state index contributed by atoms with van der Waals surface area (Å²) in [7, 11) is 0. The highest BCUT2D eigenvalue weighted by molar-refractivity contribution is 5.14. The number of hydrogen-bond acceptors (Lipinski definition) is 4. The van der Waals surface area contributed by atoms with Crippen LogP contribution in [0, 0.1) is 0 Å². The molecule has 2 rings (SSSR count). The van der Waals surface area contributed by atoms with Gasteiger partial charge in [0.15, 0.2) is 0 Å². The van der Waals surface area contributed by atoms with E-state index in [2.05, 4.69) is 25.2 Å². The zero-order valence-electron chi connectivity index (χ0n) is 12.2. The van der Waals surface area contributed by atoms with E-state index in [0.29, 0.717) is 0 Å². The third kappa shape index (κ3) is 3.50. The largest absolute Gasteiger partial charge is 0.496 e. The van der Waals surface area contributed by atoms with Crippen LogP contribution in [0.2, 0.25) is 0 Å². The number of allylic oxidation sites excluding steroid dienone is 1. The third-order valence-electron chi connectivity index (χ3n) is 3.95. The Bertz CT molecular complexity index is 292. The molecule has 0 bridgehead atoms. The summed E-state index contributed by atoms with van der Waals surface area (Å²) >= 11 is 0. The number of hydrogen-bond donors (Lipinski definition) is 1. The fraction of sp³-hybridized carbons (Fsp3) is 0.867. The van der Waals surface area contributed by atoms with E-state index in [1.807, 2.05) is 0 Å². The van der Waals surface area contributed by atoms with Gasteiger partial charge in [-0.2, -0.15) is 0 Å². The highest BCUT2D eigenvalue weighted by Crippen LogP contribution is 2.34. The molecule has 0 spiro atoms. The summed E-state index contributed by atoms with van der Waals surface area (Å²) < 4.78 is 17.6. The van der Waals surface area contributed by atoms with E-state index in [1.165, 1.54) is 0 Å². The van der Waals surface area contributed by atoms with Crippen LogP contribution in [0.4, 0.5) is 0 Å². The minimum atomic E-state index is -0.174. The highest BCUT2D eigenvalue weighted by atomic mass is 16.5. The summed E-state index contributed by atoms with van der Waals surface area (Å²) in [6, 6.07) is 0.154. The van der Waals surface area contributed by atoms with Crippen molar-refractivity contribution >= 4 is 0 Å². The average molecular weight is 269 g/mol. The van der Waals surface area contributed by atoms with Gasteiger partial charge in [0.2, 0.25) is 0 Å². The van der Waals surface area contributed by atoms with Gasteiger partial charge in [0.1, 0.15) is 5.76 Å². The molecule has 0 saturated carbocycles. The minimum absolute atomic E-state index is 0.154. The summed E-state index contributed by atoms with van der Waals surface area (Å²) in [5.41, 5.74) is -0.174. The Hall–Kier alpha value is -0.580. The first-order valence-corrected chi connectivity index (χ1v) is 7.60. The fourth-order valence-electron chi connectivity index (χ4n) is 3.05. The van der Waals surface area contributed by atoms with Crippen molar-refractivity contribution in [2.45, 2.75) is 51.2 Å². The molecule has 1 N–H and O–H groups in total. The second-order valence-electron chi connectivity index (χ2n) is 5.20. The van der Waals surface area contributed by atoms with Gasteiger partial charge < -0.3 is 19.5 Å². The van der Waals surface area contributed by atoms with Crippen LogP contribution in [-0.2, 0) is 14.2 Å². The van der Waals surface area contributed by atoms with Crippen molar-refractivity contribution in [3.05, 3.63) is 11.8 Å². The molecule has 0 aromatic rings. The van der Waals surface area contributed by atoms with Gasteiger partial charge in [-0.1, -0.05) is 6.92 Å². The summed E-state index contributed by atoms with van der Waals surface area (Å²) in [4.78, 5) is 0.